The summed E-state index contributed by atoms with van der Waals surface area (Å²) in [4.78, 5) is 36.2. The van der Waals surface area contributed by atoms with Gasteiger partial charge in [0.05, 0.1) is 7.11 Å². The molecule has 1 N–H and O–H groups in total. The SMILES string of the molecule is COc1c(C)c2c(c3c1CC=C(CCC(=O)O)c1ccccc1COC(=O)O3)C(=O)OC2. The fourth-order valence-corrected chi connectivity index (χ4v) is 4.14. The van der Waals surface area contributed by atoms with Gasteiger partial charge in [0.2, 0.25) is 0 Å². The van der Waals surface area contributed by atoms with Crippen molar-refractivity contribution in [2.75, 3.05) is 7.11 Å². The van der Waals surface area contributed by atoms with Gasteiger partial charge in [0, 0.05) is 17.5 Å². The van der Waals surface area contributed by atoms with Gasteiger partial charge in [0.25, 0.3) is 0 Å². The summed E-state index contributed by atoms with van der Waals surface area (Å²) in [7, 11) is 1.50. The zero-order valence-corrected chi connectivity index (χ0v) is 17.7. The lowest BCUT2D eigenvalue weighted by Crippen LogP contribution is -2.15. The van der Waals surface area contributed by atoms with Gasteiger partial charge < -0.3 is 24.1 Å². The maximum absolute atomic E-state index is 12.5. The minimum Gasteiger partial charge on any atom is -0.496 e. The first-order chi connectivity index (χ1) is 15.4. The lowest BCUT2D eigenvalue weighted by Gasteiger charge is -2.18. The second-order valence-corrected chi connectivity index (χ2v) is 7.52. The van der Waals surface area contributed by atoms with E-state index in [9.17, 15) is 19.5 Å². The van der Waals surface area contributed by atoms with Gasteiger partial charge in [-0.3, -0.25) is 4.79 Å². The van der Waals surface area contributed by atoms with Crippen molar-refractivity contribution in [2.45, 2.75) is 39.4 Å². The fraction of sp³-hybridized carbons (Fsp3) is 0.292. The van der Waals surface area contributed by atoms with Crippen LogP contribution in [0.4, 0.5) is 4.79 Å². The van der Waals surface area contributed by atoms with E-state index in [0.29, 0.717) is 16.9 Å². The number of carboxylic acid groups (broad SMARTS) is 1. The van der Waals surface area contributed by atoms with E-state index in [2.05, 4.69) is 0 Å². The third-order valence-electron chi connectivity index (χ3n) is 5.68. The van der Waals surface area contributed by atoms with E-state index in [1.807, 2.05) is 37.3 Å². The number of hydrogen-bond acceptors (Lipinski definition) is 7. The van der Waals surface area contributed by atoms with E-state index in [0.717, 1.165) is 22.3 Å². The van der Waals surface area contributed by atoms with Gasteiger partial charge in [-0.2, -0.15) is 0 Å². The van der Waals surface area contributed by atoms with E-state index in [4.69, 9.17) is 18.9 Å². The van der Waals surface area contributed by atoms with Crippen molar-refractivity contribution in [3.63, 3.8) is 0 Å². The van der Waals surface area contributed by atoms with E-state index in [1.165, 1.54) is 7.11 Å². The average molecular weight is 438 g/mol. The number of carbonyl (C=O) groups excluding carboxylic acids is 2. The highest BCUT2D eigenvalue weighted by Gasteiger charge is 2.34. The summed E-state index contributed by atoms with van der Waals surface area (Å²) in [5, 5.41) is 9.22. The summed E-state index contributed by atoms with van der Waals surface area (Å²) >= 11 is 0. The minimum atomic E-state index is -0.956. The van der Waals surface area contributed by atoms with Crippen LogP contribution in [0.1, 0.15) is 51.0 Å². The average Bonchev–Trinajstić information content (AvgIpc) is 3.15. The number of allylic oxidation sites excluding steroid dienone is 2. The second kappa shape index (κ2) is 8.74. The molecule has 2 aromatic carbocycles. The third kappa shape index (κ3) is 3.91. The molecule has 0 amide bonds. The molecule has 0 bridgehead atoms. The van der Waals surface area contributed by atoms with Crippen molar-refractivity contribution in [1.82, 2.24) is 0 Å². The van der Waals surface area contributed by atoms with Gasteiger partial charge in [0.15, 0.2) is 5.75 Å². The standard InChI is InChI=1S/C24H22O8/c1-13-18-12-30-23(27)20(18)22-17(21(13)29-2)9-7-14(8-10-19(25)26)16-6-4-3-5-15(16)11-31-24(28)32-22/h3-7H,8-12H2,1-2H3,(H,25,26). The Morgan fingerprint density at radius 1 is 1.12 bits per heavy atom. The number of ether oxygens (including phenoxy) is 4. The molecule has 2 aliphatic heterocycles. The Morgan fingerprint density at radius 3 is 2.66 bits per heavy atom. The molecule has 0 atom stereocenters. The number of benzene rings is 2. The van der Waals surface area contributed by atoms with Crippen LogP contribution in [0.25, 0.3) is 5.57 Å². The number of carboxylic acids is 1. The number of cyclic esters (lactones) is 2. The van der Waals surface area contributed by atoms with Crippen LogP contribution < -0.4 is 9.47 Å². The molecule has 8 nitrogen and oxygen atoms in total. The molecular weight excluding hydrogens is 416 g/mol. The Morgan fingerprint density at radius 2 is 1.91 bits per heavy atom. The van der Waals surface area contributed by atoms with E-state index >= 15 is 0 Å². The van der Waals surface area contributed by atoms with E-state index in [-0.39, 0.29) is 43.8 Å². The predicted octanol–water partition coefficient (Wildman–Crippen LogP) is 4.19. The zero-order chi connectivity index (χ0) is 22.8. The Kier molecular flexibility index (Phi) is 5.85. The lowest BCUT2D eigenvalue weighted by molar-refractivity contribution is -0.136. The molecule has 0 aliphatic carbocycles. The van der Waals surface area contributed by atoms with E-state index in [1.54, 1.807) is 0 Å². The molecule has 0 fully saturated rings. The van der Waals surface area contributed by atoms with Gasteiger partial charge in [-0.15, -0.1) is 0 Å². The van der Waals surface area contributed by atoms with Crippen molar-refractivity contribution in [3.8, 4) is 11.5 Å². The van der Waals surface area contributed by atoms with Crippen LogP contribution in [0.5, 0.6) is 11.5 Å². The number of hydrogen-bond donors (Lipinski definition) is 1. The molecule has 8 heteroatoms. The molecule has 166 valence electrons. The summed E-state index contributed by atoms with van der Waals surface area (Å²) in [6, 6.07) is 7.32. The van der Waals surface area contributed by atoms with Gasteiger partial charge in [-0.25, -0.2) is 9.59 Å². The van der Waals surface area contributed by atoms with Crippen molar-refractivity contribution >= 4 is 23.7 Å². The number of aliphatic carboxylic acids is 1. The highest BCUT2D eigenvalue weighted by atomic mass is 16.7. The number of esters is 1. The number of carbonyl (C=O) groups is 3. The van der Waals surface area contributed by atoms with Crippen LogP contribution >= 0.6 is 0 Å². The summed E-state index contributed by atoms with van der Waals surface area (Å²) in [6.45, 7) is 1.81. The molecule has 0 radical (unpaired) electrons. The predicted molar refractivity (Wildman–Crippen MR) is 113 cm³/mol. The van der Waals surface area contributed by atoms with E-state index < -0.39 is 18.1 Å². The van der Waals surface area contributed by atoms with Crippen LogP contribution in [0.15, 0.2) is 30.3 Å². The molecule has 0 unspecified atom stereocenters. The summed E-state index contributed by atoms with van der Waals surface area (Å²) in [5.41, 5.74) is 4.31. The van der Waals surface area contributed by atoms with Crippen molar-refractivity contribution in [2.24, 2.45) is 0 Å². The molecule has 0 aromatic heterocycles. The molecule has 32 heavy (non-hydrogen) atoms. The van der Waals surface area contributed by atoms with Gasteiger partial charge in [-0.05, 0) is 42.0 Å². The first kappa shape index (κ1) is 21.4. The maximum atomic E-state index is 12.5. The fourth-order valence-electron chi connectivity index (χ4n) is 4.14. The van der Waals surface area contributed by atoms with Crippen LogP contribution in [-0.2, 0) is 33.9 Å². The Bertz CT molecular complexity index is 1150. The third-order valence-corrected chi connectivity index (χ3v) is 5.68. The largest absolute Gasteiger partial charge is 0.514 e. The molecular formula is C24H22O8. The monoisotopic (exact) mass is 438 g/mol. The molecule has 2 aliphatic rings. The molecule has 2 heterocycles. The van der Waals surface area contributed by atoms with Crippen LogP contribution in [0.3, 0.4) is 0 Å². The molecule has 2 aromatic rings. The van der Waals surface area contributed by atoms with Crippen LogP contribution in [-0.4, -0.2) is 30.3 Å². The highest BCUT2D eigenvalue weighted by Crippen LogP contribution is 2.43. The molecule has 0 spiro atoms. The minimum absolute atomic E-state index is 0.0507. The first-order valence-corrected chi connectivity index (χ1v) is 10.1. The molecule has 0 saturated carbocycles. The summed E-state index contributed by atoms with van der Waals surface area (Å²) < 4.78 is 21.7. The zero-order valence-electron chi connectivity index (χ0n) is 17.7. The van der Waals surface area contributed by atoms with Crippen molar-refractivity contribution in [3.05, 3.63) is 63.7 Å². The Balaban J connectivity index is 1.91. The van der Waals surface area contributed by atoms with Crippen molar-refractivity contribution < 1.29 is 38.4 Å². The van der Waals surface area contributed by atoms with Gasteiger partial charge in [-0.1, -0.05) is 30.3 Å². The number of fused-ring (bicyclic) bond motifs is 4. The quantitative estimate of drug-likeness (QED) is 0.559. The highest BCUT2D eigenvalue weighted by molar-refractivity contribution is 5.99. The number of rotatable bonds is 4. The Labute approximate surface area is 184 Å². The first-order valence-electron chi connectivity index (χ1n) is 10.1. The molecule has 4 rings (SSSR count). The van der Waals surface area contributed by atoms with Gasteiger partial charge >= 0.3 is 18.1 Å². The number of methoxy groups -OCH3 is 1. The van der Waals surface area contributed by atoms with Crippen LogP contribution in [0, 0.1) is 6.92 Å². The lowest BCUT2D eigenvalue weighted by atomic mass is 9.92. The Hall–Kier alpha value is -3.81. The topological polar surface area (TPSA) is 108 Å². The second-order valence-electron chi connectivity index (χ2n) is 7.52. The summed E-state index contributed by atoms with van der Waals surface area (Å²) in [5.74, 6) is -0.967. The molecule has 0 saturated heterocycles. The smallest absolute Gasteiger partial charge is 0.496 e. The summed E-state index contributed by atoms with van der Waals surface area (Å²) in [6.07, 6.45) is 1.40. The van der Waals surface area contributed by atoms with Crippen molar-refractivity contribution in [1.29, 1.82) is 0 Å². The van der Waals surface area contributed by atoms with Crippen LogP contribution in [0.2, 0.25) is 0 Å². The normalized spacial score (nSPS) is 15.1. The van der Waals surface area contributed by atoms with Gasteiger partial charge in [0.1, 0.15) is 24.5 Å². The maximum Gasteiger partial charge on any atom is 0.514 e.